The molecule has 36 heavy (non-hydrogen) atoms. The second kappa shape index (κ2) is 8.21. The van der Waals surface area contributed by atoms with Crippen LogP contribution in [0.2, 0.25) is 0 Å². The van der Waals surface area contributed by atoms with E-state index in [2.05, 4.69) is 4.98 Å². The predicted octanol–water partition coefficient (Wildman–Crippen LogP) is 8.97. The summed E-state index contributed by atoms with van der Waals surface area (Å²) in [5.74, 6) is -0.507. The summed E-state index contributed by atoms with van der Waals surface area (Å²) in [7, 11) is 0. The fourth-order valence-electron chi connectivity index (χ4n) is 4.59. The van der Waals surface area contributed by atoms with Crippen LogP contribution in [0.5, 0.6) is 0 Å². The summed E-state index contributed by atoms with van der Waals surface area (Å²) in [5.41, 5.74) is 0.212. The average Bonchev–Trinajstić information content (AvgIpc) is 3.52. The number of para-hydroxylation sites is 2. The summed E-state index contributed by atoms with van der Waals surface area (Å²) < 4.78 is 139. The molecule has 0 aliphatic carbocycles. The van der Waals surface area contributed by atoms with Gasteiger partial charge in [-0.15, -0.1) is 0 Å². The van der Waals surface area contributed by atoms with Gasteiger partial charge in [0.25, 0.3) is 0 Å². The minimum absolute atomic E-state index is 0.0678. The molecular weight excluding hydrogens is 436 g/mol. The molecule has 1 aromatic heterocycles. The molecule has 1 heterocycles. The molecule has 7 aromatic rings. The van der Waals surface area contributed by atoms with Crippen molar-refractivity contribution in [3.05, 3.63) is 133 Å². The first-order valence-electron chi connectivity index (χ1n) is 19.0. The van der Waals surface area contributed by atoms with Gasteiger partial charge in [-0.25, -0.2) is 4.98 Å². The Morgan fingerprint density at radius 1 is 0.639 bits per heavy atom. The van der Waals surface area contributed by atoms with Crippen LogP contribution in [-0.4, -0.2) is 9.55 Å². The highest BCUT2D eigenvalue weighted by molar-refractivity contribution is 6.18. The molecule has 6 aromatic carbocycles. The van der Waals surface area contributed by atoms with Crippen LogP contribution in [0.25, 0.3) is 60.5 Å². The van der Waals surface area contributed by atoms with Crippen LogP contribution in [0.4, 0.5) is 0 Å². The lowest BCUT2D eigenvalue weighted by molar-refractivity contribution is 1.02. The lowest BCUT2D eigenvalue weighted by atomic mass is 9.89. The molecule has 0 atom stereocenters. The molecule has 0 saturated heterocycles. The molecule has 0 bridgehead atoms. The Bertz CT molecular complexity index is 2600. The Morgan fingerprint density at radius 2 is 1.28 bits per heavy atom. The zero-order valence-corrected chi connectivity index (χ0v) is 18.5. The van der Waals surface area contributed by atoms with Crippen molar-refractivity contribution in [1.82, 2.24) is 9.55 Å². The maximum Gasteiger partial charge on any atom is 0.111 e. The van der Waals surface area contributed by atoms with Gasteiger partial charge in [-0.3, -0.25) is 4.57 Å². The third-order valence-corrected chi connectivity index (χ3v) is 6.07. The van der Waals surface area contributed by atoms with Gasteiger partial charge in [0.1, 0.15) is 5.82 Å². The lowest BCUT2D eigenvalue weighted by Gasteiger charge is -2.19. The molecule has 0 aliphatic heterocycles. The summed E-state index contributed by atoms with van der Waals surface area (Å²) in [6.07, 6.45) is 0. The van der Waals surface area contributed by atoms with E-state index in [0.29, 0.717) is 0 Å². The molecule has 170 valence electrons. The third-order valence-electron chi connectivity index (χ3n) is 6.07. The predicted molar refractivity (Wildman–Crippen MR) is 152 cm³/mol. The first-order chi connectivity index (χ1) is 24.4. The van der Waals surface area contributed by atoms with E-state index >= 15 is 0 Å². The van der Waals surface area contributed by atoms with Crippen molar-refractivity contribution in [2.45, 2.75) is 6.85 Å². The van der Waals surface area contributed by atoms with Gasteiger partial charge in [-0.05, 0) is 58.1 Å². The van der Waals surface area contributed by atoms with Crippen molar-refractivity contribution in [2.24, 2.45) is 0 Å². The molecule has 0 saturated carbocycles. The van der Waals surface area contributed by atoms with Gasteiger partial charge >= 0.3 is 0 Å². The van der Waals surface area contributed by atoms with Crippen molar-refractivity contribution in [1.29, 1.82) is 0 Å². The molecule has 7 rings (SSSR count). The second-order valence-corrected chi connectivity index (χ2v) is 8.06. The van der Waals surface area contributed by atoms with Crippen molar-refractivity contribution in [3.63, 3.8) is 0 Å². The van der Waals surface area contributed by atoms with Crippen molar-refractivity contribution < 1.29 is 21.9 Å². The molecule has 0 amide bonds. The molecule has 0 fully saturated rings. The van der Waals surface area contributed by atoms with E-state index < -0.39 is 91.2 Å². The number of benzene rings is 6. The largest absolute Gasteiger partial charge is 0.295 e. The lowest BCUT2D eigenvalue weighted by Crippen LogP contribution is -2.01. The summed E-state index contributed by atoms with van der Waals surface area (Å²) in [6.45, 7) is -2.90. The monoisotopic (exact) mass is 476 g/mol. The van der Waals surface area contributed by atoms with Crippen LogP contribution in [0.1, 0.15) is 27.8 Å². The maximum atomic E-state index is 9.19. The highest BCUT2D eigenvalue weighted by Crippen LogP contribution is 2.42. The number of nitrogens with zero attached hydrogens (tertiary/aromatic N) is 2. The zero-order chi connectivity index (χ0) is 37.9. The Kier molecular flexibility index (Phi) is 2.31. The Hall–Kier alpha value is -4.69. The first-order valence-corrected chi connectivity index (χ1v) is 11.0. The van der Waals surface area contributed by atoms with Crippen molar-refractivity contribution in [2.75, 3.05) is 0 Å². The molecule has 0 spiro atoms. The molecule has 2 nitrogen and oxygen atoms in total. The SMILES string of the molecule is [2H]c1c([2H])c([2H])c(-c2cccc(-c3c4c([2H])c([2H])c([2H])c([2H])c4c(-n4c(C([2H])([2H])[2H])nc5ccccc54)c4c([2H])c([2H])c([2H])c([2H])c34)c2)c([2H])c1[2H]. The summed E-state index contributed by atoms with van der Waals surface area (Å²) in [6, 6.07) is 4.38. The Labute approximate surface area is 232 Å². The van der Waals surface area contributed by atoms with Gasteiger partial charge in [0.2, 0.25) is 0 Å². The minimum atomic E-state index is -2.90. The normalized spacial score (nSPS) is 18.1. The molecule has 0 N–H and O–H groups in total. The number of imidazole rings is 1. The van der Waals surface area contributed by atoms with Crippen LogP contribution >= 0.6 is 0 Å². The number of fused-ring (bicyclic) bond motifs is 3. The van der Waals surface area contributed by atoms with E-state index in [1.165, 1.54) is 28.8 Å². The van der Waals surface area contributed by atoms with E-state index in [-0.39, 0.29) is 60.5 Å². The molecular formula is C34H24N2. The third kappa shape index (κ3) is 3.15. The number of aryl methyl sites for hydroxylation is 1. The van der Waals surface area contributed by atoms with E-state index in [0.717, 1.165) is 0 Å². The highest BCUT2D eigenvalue weighted by atomic mass is 15.1. The molecule has 2 heteroatoms. The smallest absolute Gasteiger partial charge is 0.111 e. The van der Waals surface area contributed by atoms with Crippen LogP contribution < -0.4 is 0 Å². The summed E-state index contributed by atoms with van der Waals surface area (Å²) in [5, 5.41) is -0.905. The van der Waals surface area contributed by atoms with Crippen LogP contribution in [-0.2, 0) is 0 Å². The van der Waals surface area contributed by atoms with E-state index in [4.69, 9.17) is 16.4 Å². The number of hydrogen-bond acceptors (Lipinski definition) is 1. The van der Waals surface area contributed by atoms with E-state index in [1.54, 1.807) is 24.3 Å². The molecule has 0 unspecified atom stereocenters. The maximum absolute atomic E-state index is 9.19. The van der Waals surface area contributed by atoms with Gasteiger partial charge in [0.05, 0.1) is 34.5 Å². The minimum Gasteiger partial charge on any atom is -0.295 e. The Morgan fingerprint density at radius 3 is 2.00 bits per heavy atom. The van der Waals surface area contributed by atoms with Crippen LogP contribution in [0.3, 0.4) is 0 Å². The average molecular weight is 477 g/mol. The number of rotatable bonds is 3. The first kappa shape index (κ1) is 10.1. The second-order valence-electron chi connectivity index (χ2n) is 8.06. The fraction of sp³-hybridized carbons (Fsp3) is 0.0294. The number of aromatic nitrogens is 2. The van der Waals surface area contributed by atoms with Crippen molar-refractivity contribution >= 4 is 32.6 Å². The summed E-state index contributed by atoms with van der Waals surface area (Å²) in [4.78, 5) is 4.36. The quantitative estimate of drug-likeness (QED) is 0.233. The topological polar surface area (TPSA) is 17.8 Å². The van der Waals surface area contributed by atoms with Gasteiger partial charge in [-0.1, -0.05) is 109 Å². The van der Waals surface area contributed by atoms with Gasteiger partial charge in [0.15, 0.2) is 0 Å². The van der Waals surface area contributed by atoms with Gasteiger partial charge in [-0.2, -0.15) is 0 Å². The fourth-order valence-corrected chi connectivity index (χ4v) is 4.59. The zero-order valence-electron chi connectivity index (χ0n) is 34.5. The van der Waals surface area contributed by atoms with Gasteiger partial charge in [0, 0.05) is 14.9 Å². The standard InChI is InChI=1S/C34H24N2/c1-23-35-31-20-9-10-21-32(31)36(23)34-29-18-7-5-16-27(29)33(28-17-6-8-19-30(28)34)26-15-11-14-25(22-26)24-12-3-2-4-13-24/h2-22H,1H3/i1D3,2D,3D,4D,5D,6D,7D,8D,12D,13D,16D,17D,18D,19D. The highest BCUT2D eigenvalue weighted by Gasteiger charge is 2.19. The molecule has 0 radical (unpaired) electrons. The molecule has 0 aliphatic rings. The summed E-state index contributed by atoms with van der Waals surface area (Å²) >= 11 is 0. The number of hydrogen-bond donors (Lipinski definition) is 0. The Balaban J connectivity index is 1.79. The van der Waals surface area contributed by atoms with Crippen molar-refractivity contribution in [3.8, 4) is 27.9 Å². The van der Waals surface area contributed by atoms with Crippen LogP contribution in [0.15, 0.2) is 127 Å². The van der Waals surface area contributed by atoms with E-state index in [9.17, 15) is 5.48 Å². The van der Waals surface area contributed by atoms with E-state index in [1.807, 2.05) is 0 Å². The van der Waals surface area contributed by atoms with Gasteiger partial charge < -0.3 is 0 Å². The van der Waals surface area contributed by atoms with Crippen LogP contribution in [0, 0.1) is 6.85 Å².